The molecular formula is C39H47N3O9S. The van der Waals surface area contributed by atoms with Crippen molar-refractivity contribution in [2.45, 2.75) is 37.4 Å². The number of benzene rings is 4. The summed E-state index contributed by atoms with van der Waals surface area (Å²) in [5.41, 5.74) is 3.28. The first-order valence-electron chi connectivity index (χ1n) is 16.9. The van der Waals surface area contributed by atoms with Gasteiger partial charge >= 0.3 is 0 Å². The molecule has 1 saturated heterocycles. The van der Waals surface area contributed by atoms with E-state index in [0.717, 1.165) is 28.8 Å². The minimum atomic E-state index is -4.09. The SMILES string of the molecule is CCc1ccc(S(=O)(=O)N2CCN(c3cc(OC)cc(OC)c3)CC2C(=O)N(Cc2ccc(OC)c(OC)c2)Cc2ccc(OC)c(OC)c2)cc1. The molecule has 12 nitrogen and oxygen atoms in total. The lowest BCUT2D eigenvalue weighted by atomic mass is 10.1. The van der Waals surface area contributed by atoms with E-state index in [0.29, 0.717) is 41.0 Å². The highest BCUT2D eigenvalue weighted by molar-refractivity contribution is 7.89. The Morgan fingerprint density at radius 3 is 1.62 bits per heavy atom. The van der Waals surface area contributed by atoms with E-state index >= 15 is 4.79 Å². The van der Waals surface area contributed by atoms with Gasteiger partial charge in [0.05, 0.1) is 47.6 Å². The molecule has 0 aliphatic carbocycles. The van der Waals surface area contributed by atoms with Crippen LogP contribution in [0.1, 0.15) is 23.6 Å². The Morgan fingerprint density at radius 2 is 1.15 bits per heavy atom. The molecule has 1 aliphatic heterocycles. The van der Waals surface area contributed by atoms with E-state index in [1.54, 1.807) is 77.9 Å². The van der Waals surface area contributed by atoms with Crippen LogP contribution < -0.4 is 33.3 Å². The fraction of sp³-hybridized carbons (Fsp3) is 0.359. The number of piperazine rings is 1. The van der Waals surface area contributed by atoms with Gasteiger partial charge in [-0.1, -0.05) is 31.2 Å². The number of hydrogen-bond acceptors (Lipinski definition) is 10. The molecule has 52 heavy (non-hydrogen) atoms. The number of hydrogen-bond donors (Lipinski definition) is 0. The summed E-state index contributed by atoms with van der Waals surface area (Å²) < 4.78 is 63.3. The number of methoxy groups -OCH3 is 6. The van der Waals surface area contributed by atoms with Gasteiger partial charge in [-0.25, -0.2) is 8.42 Å². The summed E-state index contributed by atoms with van der Waals surface area (Å²) in [5, 5.41) is 0. The first kappa shape index (κ1) is 38.1. The van der Waals surface area contributed by atoms with E-state index < -0.39 is 16.1 Å². The fourth-order valence-electron chi connectivity index (χ4n) is 6.32. The lowest BCUT2D eigenvalue weighted by Gasteiger charge is -2.42. The molecule has 1 unspecified atom stereocenters. The maximum absolute atomic E-state index is 15.1. The number of carbonyl (C=O) groups excluding carboxylic acids is 1. The monoisotopic (exact) mass is 733 g/mol. The Morgan fingerprint density at radius 1 is 0.654 bits per heavy atom. The number of carbonyl (C=O) groups is 1. The molecule has 0 spiro atoms. The highest BCUT2D eigenvalue weighted by Gasteiger charge is 2.42. The summed E-state index contributed by atoms with van der Waals surface area (Å²) in [6.07, 6.45) is 0.769. The average molecular weight is 734 g/mol. The van der Waals surface area contributed by atoms with Gasteiger partial charge < -0.3 is 38.2 Å². The van der Waals surface area contributed by atoms with Crippen molar-refractivity contribution in [1.29, 1.82) is 0 Å². The average Bonchev–Trinajstić information content (AvgIpc) is 3.19. The molecule has 1 atom stereocenters. The van der Waals surface area contributed by atoms with Crippen molar-refractivity contribution < 1.29 is 41.6 Å². The highest BCUT2D eigenvalue weighted by Crippen LogP contribution is 2.34. The number of amides is 1. The Balaban J connectivity index is 1.60. The Kier molecular flexibility index (Phi) is 12.4. The van der Waals surface area contributed by atoms with Gasteiger partial charge in [0.15, 0.2) is 23.0 Å². The quantitative estimate of drug-likeness (QED) is 0.157. The molecule has 0 bridgehead atoms. The van der Waals surface area contributed by atoms with Crippen LogP contribution >= 0.6 is 0 Å². The molecule has 278 valence electrons. The van der Waals surface area contributed by atoms with Crippen LogP contribution in [-0.2, 0) is 34.3 Å². The second-order valence-corrected chi connectivity index (χ2v) is 14.1. The standard InChI is InChI=1S/C39H47N3O9S/c1-8-27-9-13-33(14-10-27)52(44,45)42-18-17-40(30-21-31(46-2)23-32(22-30)47-3)26-34(42)39(43)41(24-28-11-15-35(48-4)37(19-28)50-6)25-29-12-16-36(49-5)38(20-29)51-7/h9-16,19-23,34H,8,17-18,24-26H2,1-7H3. The molecule has 0 saturated carbocycles. The van der Waals surface area contributed by atoms with Crippen LogP contribution in [-0.4, -0.2) is 91.9 Å². The van der Waals surface area contributed by atoms with Gasteiger partial charge in [-0.15, -0.1) is 0 Å². The van der Waals surface area contributed by atoms with E-state index in [1.807, 2.05) is 60.4 Å². The summed E-state index contributed by atoms with van der Waals surface area (Å²) in [4.78, 5) is 18.9. The third kappa shape index (κ3) is 8.32. The normalized spacial score (nSPS) is 14.8. The van der Waals surface area contributed by atoms with Crippen LogP contribution in [0, 0.1) is 0 Å². The molecule has 4 aromatic rings. The largest absolute Gasteiger partial charge is 0.497 e. The van der Waals surface area contributed by atoms with Gasteiger partial charge in [-0.2, -0.15) is 4.31 Å². The van der Waals surface area contributed by atoms with E-state index in [-0.39, 0.29) is 37.0 Å². The van der Waals surface area contributed by atoms with Crippen LogP contribution in [0.15, 0.2) is 83.8 Å². The number of nitrogens with zero attached hydrogens (tertiary/aromatic N) is 3. The molecule has 0 aromatic heterocycles. The molecule has 1 aliphatic rings. The predicted octanol–water partition coefficient (Wildman–Crippen LogP) is 5.41. The first-order valence-corrected chi connectivity index (χ1v) is 18.3. The van der Waals surface area contributed by atoms with Crippen molar-refractivity contribution in [3.63, 3.8) is 0 Å². The summed E-state index contributed by atoms with van der Waals surface area (Å²) >= 11 is 0. The molecule has 5 rings (SSSR count). The van der Waals surface area contributed by atoms with Crippen LogP contribution in [0.25, 0.3) is 0 Å². The van der Waals surface area contributed by atoms with Crippen molar-refractivity contribution in [3.8, 4) is 34.5 Å². The Hall–Kier alpha value is -5.14. The molecule has 0 N–H and O–H groups in total. The second-order valence-electron chi connectivity index (χ2n) is 12.2. The van der Waals surface area contributed by atoms with Crippen molar-refractivity contribution in [2.75, 3.05) is 67.2 Å². The van der Waals surface area contributed by atoms with Gasteiger partial charge in [-0.05, 0) is 59.5 Å². The number of rotatable bonds is 15. The Labute approximate surface area is 306 Å². The van der Waals surface area contributed by atoms with Gasteiger partial charge in [0.1, 0.15) is 17.5 Å². The minimum Gasteiger partial charge on any atom is -0.497 e. The summed E-state index contributed by atoms with van der Waals surface area (Å²) in [6.45, 7) is 2.78. The summed E-state index contributed by atoms with van der Waals surface area (Å²) in [7, 11) is 5.26. The molecule has 13 heteroatoms. The van der Waals surface area contributed by atoms with Crippen LogP contribution in [0.3, 0.4) is 0 Å². The van der Waals surface area contributed by atoms with Gasteiger partial charge in [0, 0.05) is 56.6 Å². The van der Waals surface area contributed by atoms with Gasteiger partial charge in [0.25, 0.3) is 0 Å². The zero-order valence-corrected chi connectivity index (χ0v) is 31.6. The third-order valence-electron chi connectivity index (χ3n) is 9.21. The van der Waals surface area contributed by atoms with Crippen molar-refractivity contribution in [1.82, 2.24) is 9.21 Å². The van der Waals surface area contributed by atoms with E-state index in [2.05, 4.69) is 0 Å². The molecule has 4 aromatic carbocycles. The first-order chi connectivity index (χ1) is 25.1. The zero-order chi connectivity index (χ0) is 37.4. The highest BCUT2D eigenvalue weighted by atomic mass is 32.2. The van der Waals surface area contributed by atoms with Gasteiger partial charge in [-0.3, -0.25) is 4.79 Å². The lowest BCUT2D eigenvalue weighted by molar-refractivity contribution is -0.136. The maximum Gasteiger partial charge on any atom is 0.243 e. The number of aryl methyl sites for hydroxylation is 1. The van der Waals surface area contributed by atoms with Crippen LogP contribution in [0.2, 0.25) is 0 Å². The topological polar surface area (TPSA) is 116 Å². The third-order valence-corrected chi connectivity index (χ3v) is 11.1. The Bertz CT molecular complexity index is 1870. The lowest BCUT2D eigenvalue weighted by Crippen LogP contribution is -2.61. The summed E-state index contributed by atoms with van der Waals surface area (Å²) in [6, 6.07) is 22.1. The van der Waals surface area contributed by atoms with Crippen LogP contribution in [0.5, 0.6) is 34.5 Å². The fourth-order valence-corrected chi connectivity index (χ4v) is 7.88. The predicted molar refractivity (Wildman–Crippen MR) is 199 cm³/mol. The van der Waals surface area contributed by atoms with Crippen LogP contribution in [0.4, 0.5) is 5.69 Å². The second kappa shape index (κ2) is 16.9. The smallest absolute Gasteiger partial charge is 0.243 e. The number of anilines is 1. The molecular weight excluding hydrogens is 687 g/mol. The number of ether oxygens (including phenoxy) is 6. The zero-order valence-electron chi connectivity index (χ0n) is 30.7. The minimum absolute atomic E-state index is 0.0638. The van der Waals surface area contributed by atoms with E-state index in [9.17, 15) is 8.42 Å². The van der Waals surface area contributed by atoms with Crippen molar-refractivity contribution >= 4 is 21.6 Å². The molecule has 1 amide bonds. The van der Waals surface area contributed by atoms with Crippen molar-refractivity contribution in [2.24, 2.45) is 0 Å². The van der Waals surface area contributed by atoms with E-state index in [4.69, 9.17) is 28.4 Å². The van der Waals surface area contributed by atoms with Gasteiger partial charge in [0.2, 0.25) is 15.9 Å². The van der Waals surface area contributed by atoms with Crippen molar-refractivity contribution in [3.05, 3.63) is 95.6 Å². The maximum atomic E-state index is 15.1. The molecule has 0 radical (unpaired) electrons. The summed E-state index contributed by atoms with van der Waals surface area (Å²) in [5.74, 6) is 2.89. The number of sulfonamides is 1. The molecule has 1 fully saturated rings. The molecule has 1 heterocycles. The van der Waals surface area contributed by atoms with E-state index in [1.165, 1.54) is 4.31 Å².